The molecule has 2 unspecified atom stereocenters. The molecule has 0 saturated heterocycles. The monoisotopic (exact) mass is 672 g/mol. The molecule has 1 aromatic heterocycles. The van der Waals surface area contributed by atoms with Gasteiger partial charge in [-0.2, -0.15) is 0 Å². The van der Waals surface area contributed by atoms with Gasteiger partial charge < -0.3 is 0 Å². The van der Waals surface area contributed by atoms with Crippen molar-refractivity contribution in [1.82, 2.24) is 24.6 Å². The van der Waals surface area contributed by atoms with Crippen molar-refractivity contribution < 1.29 is 16.8 Å². The minimum atomic E-state index is -0.691. The topological polar surface area (TPSA) is 25.9 Å². The van der Waals surface area contributed by atoms with Crippen molar-refractivity contribution in [3.63, 3.8) is 0 Å². The standard InChI is InChI=1S/C32H25N5.Ir/c1-3-10-25(11-4-1)30-27-14-9-15-28(22-27)31(26-12-5-2-6-13-26)35-19-21-37(24-35)32(29-16-7-8-17-33-29)36-20-18-34(30)23-36;/h1-22,30-32H;. The van der Waals surface area contributed by atoms with Crippen molar-refractivity contribution in [2.45, 2.75) is 18.2 Å². The van der Waals surface area contributed by atoms with E-state index in [0.717, 1.165) is 5.69 Å². The first-order chi connectivity index (χ1) is 18.9. The number of pyridine rings is 1. The molecule has 187 valence electrons. The van der Waals surface area contributed by atoms with Crippen LogP contribution in [-0.4, -0.2) is 33.1 Å². The number of hydrogen-bond acceptors (Lipinski definition) is 5. The number of nitrogens with zero attached hydrogens (tertiary/aromatic N) is 5. The van der Waals surface area contributed by atoms with Crippen LogP contribution < -0.4 is 0 Å². The van der Waals surface area contributed by atoms with E-state index in [1.54, 1.807) is 0 Å². The van der Waals surface area contributed by atoms with E-state index in [0.29, 0.717) is 0 Å². The second-order valence-corrected chi connectivity index (χ2v) is 12.5. The molecule has 5 heterocycles. The molecule has 4 bridgehead atoms. The van der Waals surface area contributed by atoms with Crippen molar-refractivity contribution >= 4 is 8.54 Å². The molecular weight excluding hydrogens is 647 g/mol. The van der Waals surface area contributed by atoms with Crippen molar-refractivity contribution in [2.75, 3.05) is 0 Å². The van der Waals surface area contributed by atoms with Gasteiger partial charge in [-0.05, 0) is 0 Å². The number of rotatable bonds is 3. The molecule has 0 spiro atoms. The number of benzene rings is 3. The van der Waals surface area contributed by atoms with E-state index in [9.17, 15) is 0 Å². The third kappa shape index (κ3) is 3.31. The van der Waals surface area contributed by atoms with E-state index in [2.05, 4.69) is 141 Å². The quantitative estimate of drug-likeness (QED) is 0.290. The second kappa shape index (κ2) is 8.73. The number of hydrogen-bond donors (Lipinski definition) is 0. The Morgan fingerprint density at radius 1 is 0.500 bits per heavy atom. The van der Waals surface area contributed by atoms with Crippen LogP contribution in [-0.2, 0) is 16.8 Å². The van der Waals surface area contributed by atoms with Crippen LogP contribution in [0.25, 0.3) is 0 Å². The Balaban J connectivity index is 1.41. The predicted octanol–water partition coefficient (Wildman–Crippen LogP) is 5.42. The van der Waals surface area contributed by atoms with Gasteiger partial charge in [0.2, 0.25) is 0 Å². The fourth-order valence-electron chi connectivity index (χ4n) is 5.90. The summed E-state index contributed by atoms with van der Waals surface area (Å²) in [6, 6.07) is 37.5. The Hall–Kier alpha value is -4.12. The number of aromatic nitrogens is 1. The van der Waals surface area contributed by atoms with Gasteiger partial charge in [0.15, 0.2) is 0 Å². The van der Waals surface area contributed by atoms with Gasteiger partial charge in [-0.25, -0.2) is 0 Å². The summed E-state index contributed by atoms with van der Waals surface area (Å²) in [6.07, 6.45) is 11.0. The van der Waals surface area contributed by atoms with Crippen LogP contribution in [0.2, 0.25) is 0 Å². The van der Waals surface area contributed by atoms with E-state index < -0.39 is 16.8 Å². The summed E-state index contributed by atoms with van der Waals surface area (Å²) in [5.74, 6) is 0. The summed E-state index contributed by atoms with van der Waals surface area (Å²) in [5, 5.41) is 0. The summed E-state index contributed by atoms with van der Waals surface area (Å²) in [5.41, 5.74) is 6.27. The van der Waals surface area contributed by atoms with E-state index in [1.807, 2.05) is 12.3 Å². The van der Waals surface area contributed by atoms with Gasteiger partial charge in [0.1, 0.15) is 0 Å². The van der Waals surface area contributed by atoms with Crippen LogP contribution in [0.3, 0.4) is 0 Å². The first-order valence-corrected chi connectivity index (χ1v) is 15.2. The minimum absolute atomic E-state index is 0.0215. The van der Waals surface area contributed by atoms with E-state index in [-0.39, 0.29) is 18.2 Å². The summed E-state index contributed by atoms with van der Waals surface area (Å²) in [7, 11) is 0. The van der Waals surface area contributed by atoms with Crippen molar-refractivity contribution in [1.29, 1.82) is 0 Å². The molecule has 0 N–H and O–H groups in total. The average Bonchev–Trinajstić information content (AvgIpc) is 3.59. The molecule has 3 aromatic carbocycles. The summed E-state index contributed by atoms with van der Waals surface area (Å²) < 4.78 is 2.79. The number of fused-ring (bicyclic) bond motifs is 2. The van der Waals surface area contributed by atoms with Gasteiger partial charge in [0.25, 0.3) is 0 Å². The SMILES string of the molecule is C1=CN2[C]3=[Ir]=[C]4N(C=CN4C2c2ccccn2)C(c2ccccc2)c2cccc(c2)C(c2ccccc2)N13. The van der Waals surface area contributed by atoms with Crippen LogP contribution in [0.5, 0.6) is 0 Å². The molecule has 2 atom stereocenters. The van der Waals surface area contributed by atoms with Crippen LogP contribution in [0.1, 0.15) is 46.2 Å². The fraction of sp³-hybridized carbons (Fsp3) is 0.0938. The molecule has 0 fully saturated rings. The van der Waals surface area contributed by atoms with Crippen LogP contribution in [0, 0.1) is 0 Å². The normalized spacial score (nSPS) is 22.9. The maximum absolute atomic E-state index is 4.84. The molecule has 4 aliphatic heterocycles. The molecule has 6 heteroatoms. The molecule has 0 aliphatic carbocycles. The molecule has 4 aliphatic rings. The molecule has 0 saturated carbocycles. The Bertz CT molecular complexity index is 1550. The van der Waals surface area contributed by atoms with Gasteiger partial charge >= 0.3 is 230 Å². The zero-order valence-electron chi connectivity index (χ0n) is 20.5. The molecule has 8 rings (SSSR count). The molecule has 5 nitrogen and oxygen atoms in total. The van der Waals surface area contributed by atoms with E-state index in [1.165, 1.54) is 30.8 Å². The molecule has 38 heavy (non-hydrogen) atoms. The summed E-state index contributed by atoms with van der Waals surface area (Å²) in [4.78, 5) is 14.8. The second-order valence-electron chi connectivity index (χ2n) is 9.73. The molecule has 0 amide bonds. The van der Waals surface area contributed by atoms with E-state index >= 15 is 0 Å². The van der Waals surface area contributed by atoms with Crippen molar-refractivity contribution in [2.24, 2.45) is 0 Å². The summed E-state index contributed by atoms with van der Waals surface area (Å²) in [6.45, 7) is 0. The van der Waals surface area contributed by atoms with Crippen molar-refractivity contribution in [3.05, 3.63) is 162 Å². The predicted molar refractivity (Wildman–Crippen MR) is 146 cm³/mol. The first kappa shape index (κ1) is 21.9. The van der Waals surface area contributed by atoms with Crippen LogP contribution >= 0.6 is 0 Å². The van der Waals surface area contributed by atoms with Gasteiger partial charge in [0, 0.05) is 0 Å². The van der Waals surface area contributed by atoms with Gasteiger partial charge in [0.05, 0.1) is 0 Å². The maximum atomic E-state index is 4.84. The Labute approximate surface area is 229 Å². The fourth-order valence-corrected chi connectivity index (χ4v) is 9.53. The average molecular weight is 672 g/mol. The van der Waals surface area contributed by atoms with E-state index in [4.69, 9.17) is 4.98 Å². The zero-order valence-corrected chi connectivity index (χ0v) is 22.9. The molecule has 4 aromatic rings. The first-order valence-electron chi connectivity index (χ1n) is 12.8. The zero-order chi connectivity index (χ0) is 25.1. The van der Waals surface area contributed by atoms with Crippen molar-refractivity contribution in [3.8, 4) is 0 Å². The van der Waals surface area contributed by atoms with Crippen LogP contribution in [0.4, 0.5) is 0 Å². The third-order valence-electron chi connectivity index (χ3n) is 7.54. The summed E-state index contributed by atoms with van der Waals surface area (Å²) >= 11 is -0.691. The Morgan fingerprint density at radius 3 is 1.53 bits per heavy atom. The van der Waals surface area contributed by atoms with Crippen LogP contribution in [0.15, 0.2) is 134 Å². The molecule has 0 radical (unpaired) electrons. The molecular formula is C32H25IrN5. The Morgan fingerprint density at radius 2 is 1.00 bits per heavy atom. The third-order valence-corrected chi connectivity index (χ3v) is 11.1. The Kier molecular flexibility index (Phi) is 5.03. The van der Waals surface area contributed by atoms with Gasteiger partial charge in [-0.3, -0.25) is 0 Å². The van der Waals surface area contributed by atoms with Gasteiger partial charge in [-0.15, -0.1) is 0 Å². The van der Waals surface area contributed by atoms with Gasteiger partial charge in [-0.1, -0.05) is 0 Å².